The molecule has 4 rings (SSSR count). The number of hydrogen-bond acceptors (Lipinski definition) is 3. The third-order valence-corrected chi connectivity index (χ3v) is 5.61. The lowest BCUT2D eigenvalue weighted by Crippen LogP contribution is -2.27. The van der Waals surface area contributed by atoms with Gasteiger partial charge in [0, 0.05) is 29.6 Å². The van der Waals surface area contributed by atoms with E-state index in [2.05, 4.69) is 25.5 Å². The number of hydrogen-bond donors (Lipinski definition) is 3. The van der Waals surface area contributed by atoms with Crippen LogP contribution in [0.1, 0.15) is 64.2 Å². The van der Waals surface area contributed by atoms with Gasteiger partial charge in [0.1, 0.15) is 11.4 Å². The average Bonchev–Trinajstić information content (AvgIpc) is 3.11. The Balaban J connectivity index is 1.57. The van der Waals surface area contributed by atoms with Gasteiger partial charge in [0.2, 0.25) is 0 Å². The zero-order chi connectivity index (χ0) is 20.8. The molecule has 3 aromatic heterocycles. The summed E-state index contributed by atoms with van der Waals surface area (Å²) >= 11 is 0. The number of pyridine rings is 1. The summed E-state index contributed by atoms with van der Waals surface area (Å²) in [5, 5.41) is 9.51. The number of carbonyl (C=O) groups excluding carboxylic acids is 1. The quantitative estimate of drug-likeness (QED) is 0.601. The molecule has 0 spiro atoms. The minimum atomic E-state index is -4.46. The molecule has 0 aromatic carbocycles. The van der Waals surface area contributed by atoms with Crippen LogP contribution < -0.4 is 5.32 Å². The van der Waals surface area contributed by atoms with Gasteiger partial charge in [-0.25, -0.2) is 0 Å². The van der Waals surface area contributed by atoms with Crippen LogP contribution in [0, 0.1) is 6.92 Å². The van der Waals surface area contributed by atoms with E-state index < -0.39 is 17.3 Å². The normalized spacial score (nSPS) is 16.4. The maximum Gasteiger partial charge on any atom is 0.433 e. The Hall–Kier alpha value is -3.10. The second kappa shape index (κ2) is 6.75. The number of H-pyrrole nitrogens is 2. The first-order valence-electron chi connectivity index (χ1n) is 9.24. The highest BCUT2D eigenvalue weighted by atomic mass is 19.4. The number of rotatable bonds is 5. The highest BCUT2D eigenvalue weighted by Gasteiger charge is 2.48. The van der Waals surface area contributed by atoms with Gasteiger partial charge >= 0.3 is 6.18 Å². The molecule has 29 heavy (non-hydrogen) atoms. The molecule has 1 atom stereocenters. The fourth-order valence-corrected chi connectivity index (χ4v) is 3.76. The predicted octanol–water partition coefficient (Wildman–Crippen LogP) is 4.03. The lowest BCUT2D eigenvalue weighted by atomic mass is 9.88. The van der Waals surface area contributed by atoms with Crippen LogP contribution in [-0.4, -0.2) is 26.1 Å². The largest absolute Gasteiger partial charge is 0.433 e. The number of amides is 1. The minimum absolute atomic E-state index is 0.221. The zero-order valence-corrected chi connectivity index (χ0v) is 15.9. The van der Waals surface area contributed by atoms with E-state index in [-0.39, 0.29) is 11.9 Å². The summed E-state index contributed by atoms with van der Waals surface area (Å²) in [5.74, 6) is -0.246. The van der Waals surface area contributed by atoms with Gasteiger partial charge in [0.05, 0.1) is 12.2 Å². The molecule has 3 N–H and O–H groups in total. The lowest BCUT2D eigenvalue weighted by molar-refractivity contribution is -0.141. The Labute approximate surface area is 164 Å². The maximum atomic E-state index is 12.8. The van der Waals surface area contributed by atoms with Crippen molar-refractivity contribution < 1.29 is 18.0 Å². The van der Waals surface area contributed by atoms with E-state index in [4.69, 9.17) is 0 Å². The molecule has 9 heteroatoms. The van der Waals surface area contributed by atoms with E-state index in [0.29, 0.717) is 5.69 Å². The summed E-state index contributed by atoms with van der Waals surface area (Å²) in [5.41, 5.74) is 2.44. The Morgan fingerprint density at radius 3 is 2.55 bits per heavy atom. The zero-order valence-electron chi connectivity index (χ0n) is 15.9. The number of carbonyl (C=O) groups is 1. The van der Waals surface area contributed by atoms with E-state index in [9.17, 15) is 18.0 Å². The first-order valence-corrected chi connectivity index (χ1v) is 9.24. The van der Waals surface area contributed by atoms with Crippen molar-refractivity contribution in [2.24, 2.45) is 0 Å². The number of aromatic amines is 2. The summed E-state index contributed by atoms with van der Waals surface area (Å²) in [6.45, 7) is 3.71. The van der Waals surface area contributed by atoms with Crippen molar-refractivity contribution in [2.45, 2.75) is 44.3 Å². The molecule has 152 valence electrons. The van der Waals surface area contributed by atoms with Gasteiger partial charge in [-0.05, 0) is 49.4 Å². The molecule has 0 saturated heterocycles. The van der Waals surface area contributed by atoms with Crippen LogP contribution in [-0.2, 0) is 11.6 Å². The monoisotopic (exact) mass is 403 g/mol. The second-order valence-corrected chi connectivity index (χ2v) is 7.44. The van der Waals surface area contributed by atoms with Crippen LogP contribution in [0.3, 0.4) is 0 Å². The topological polar surface area (TPSA) is 86.5 Å². The predicted molar refractivity (Wildman–Crippen MR) is 99.3 cm³/mol. The third-order valence-electron chi connectivity index (χ3n) is 5.61. The van der Waals surface area contributed by atoms with E-state index in [0.717, 1.165) is 41.2 Å². The van der Waals surface area contributed by atoms with Crippen LogP contribution >= 0.6 is 0 Å². The van der Waals surface area contributed by atoms with Crippen LogP contribution in [0.2, 0.25) is 0 Å². The van der Waals surface area contributed by atoms with Crippen molar-refractivity contribution >= 4 is 5.91 Å². The van der Waals surface area contributed by atoms with Crippen LogP contribution in [0.5, 0.6) is 0 Å². The summed E-state index contributed by atoms with van der Waals surface area (Å²) in [6.07, 6.45) is 3.57. The molecule has 3 heterocycles. The Morgan fingerprint density at radius 2 is 2.00 bits per heavy atom. The molecule has 1 amide bonds. The third kappa shape index (κ3) is 3.41. The fraction of sp³-hybridized carbons (Fsp3) is 0.350. The Bertz CT molecular complexity index is 1020. The molecule has 1 fully saturated rings. The molecule has 1 unspecified atom stereocenters. The van der Waals surface area contributed by atoms with Gasteiger partial charge in [-0.15, -0.1) is 0 Å². The molecule has 0 bridgehead atoms. The molecule has 1 aliphatic carbocycles. The van der Waals surface area contributed by atoms with E-state index in [1.54, 1.807) is 18.6 Å². The molecule has 1 saturated carbocycles. The molecular formula is C20H20F3N5O. The van der Waals surface area contributed by atoms with E-state index >= 15 is 0 Å². The smallest absolute Gasteiger partial charge is 0.357 e. The second-order valence-electron chi connectivity index (χ2n) is 7.44. The summed E-state index contributed by atoms with van der Waals surface area (Å²) in [6, 6.07) is 2.27. The standard InChI is InChI=1S/C20H20F3N5O/c1-11-15(10-25-17(11)18(29)28-12(2)13-7-26-27-8-13)19(5-6-19)14-3-4-16(24-9-14)20(21,22)23/h3-4,7-10,12,25H,5-6H2,1-2H3,(H,26,27)(H,28,29). The van der Waals surface area contributed by atoms with Crippen molar-refractivity contribution in [1.29, 1.82) is 0 Å². The number of alkyl halides is 3. The number of nitrogens with zero attached hydrogens (tertiary/aromatic N) is 2. The highest BCUT2D eigenvalue weighted by molar-refractivity contribution is 5.94. The van der Waals surface area contributed by atoms with Crippen molar-refractivity contribution in [1.82, 2.24) is 25.5 Å². The number of aromatic nitrogens is 4. The van der Waals surface area contributed by atoms with Gasteiger partial charge in [0.25, 0.3) is 5.91 Å². The van der Waals surface area contributed by atoms with Crippen molar-refractivity contribution in [2.75, 3.05) is 0 Å². The van der Waals surface area contributed by atoms with Crippen LogP contribution in [0.15, 0.2) is 36.9 Å². The van der Waals surface area contributed by atoms with Crippen molar-refractivity contribution in [3.8, 4) is 0 Å². The highest BCUT2D eigenvalue weighted by Crippen LogP contribution is 2.54. The summed E-state index contributed by atoms with van der Waals surface area (Å²) in [4.78, 5) is 19.4. The molecule has 1 aliphatic rings. The van der Waals surface area contributed by atoms with Gasteiger partial charge < -0.3 is 10.3 Å². The fourth-order valence-electron chi connectivity index (χ4n) is 3.76. The van der Waals surface area contributed by atoms with Crippen molar-refractivity contribution in [3.05, 3.63) is 70.6 Å². The van der Waals surface area contributed by atoms with Crippen LogP contribution in [0.25, 0.3) is 0 Å². The van der Waals surface area contributed by atoms with Gasteiger partial charge in [-0.2, -0.15) is 18.3 Å². The Morgan fingerprint density at radius 1 is 1.24 bits per heavy atom. The van der Waals surface area contributed by atoms with E-state index in [1.807, 2.05) is 13.8 Å². The van der Waals surface area contributed by atoms with Gasteiger partial charge in [-0.3, -0.25) is 14.9 Å². The lowest BCUT2D eigenvalue weighted by Gasteiger charge is -2.17. The molecule has 6 nitrogen and oxygen atoms in total. The maximum absolute atomic E-state index is 12.8. The molecule has 0 aliphatic heterocycles. The van der Waals surface area contributed by atoms with Crippen LogP contribution in [0.4, 0.5) is 13.2 Å². The Kier molecular flexibility index (Phi) is 4.48. The minimum Gasteiger partial charge on any atom is -0.357 e. The first kappa shape index (κ1) is 19.2. The number of halogens is 3. The SMILES string of the molecule is Cc1c(C2(c3ccc(C(F)(F)F)nc3)CC2)c[nH]c1C(=O)NC(C)c1cn[nH]c1. The number of nitrogens with one attached hydrogen (secondary N) is 3. The average molecular weight is 403 g/mol. The van der Waals surface area contributed by atoms with Gasteiger partial charge in [0.15, 0.2) is 0 Å². The summed E-state index contributed by atoms with van der Waals surface area (Å²) < 4.78 is 38.4. The van der Waals surface area contributed by atoms with E-state index in [1.165, 1.54) is 12.3 Å². The molecular weight excluding hydrogens is 383 g/mol. The molecule has 3 aromatic rings. The first-order chi connectivity index (χ1) is 13.7. The van der Waals surface area contributed by atoms with Crippen molar-refractivity contribution in [3.63, 3.8) is 0 Å². The molecule has 0 radical (unpaired) electrons. The summed E-state index contributed by atoms with van der Waals surface area (Å²) in [7, 11) is 0. The van der Waals surface area contributed by atoms with Gasteiger partial charge in [-0.1, -0.05) is 6.07 Å².